The van der Waals surface area contributed by atoms with Crippen molar-refractivity contribution in [2.75, 3.05) is 11.9 Å². The van der Waals surface area contributed by atoms with Gasteiger partial charge in [0.05, 0.1) is 11.3 Å². The van der Waals surface area contributed by atoms with Crippen LogP contribution in [0.3, 0.4) is 0 Å². The van der Waals surface area contributed by atoms with Crippen LogP contribution in [0.1, 0.15) is 100 Å². The highest BCUT2D eigenvalue weighted by atomic mass is 16.5. The lowest BCUT2D eigenvalue weighted by atomic mass is 9.43. The molecule has 37 heavy (non-hydrogen) atoms. The van der Waals surface area contributed by atoms with E-state index in [0.29, 0.717) is 30.1 Å². The average molecular weight is 510 g/mol. The van der Waals surface area contributed by atoms with E-state index >= 15 is 0 Å². The summed E-state index contributed by atoms with van der Waals surface area (Å²) in [5, 5.41) is 27.1. The average Bonchev–Trinajstić information content (AvgIpc) is 2.80. The van der Waals surface area contributed by atoms with E-state index in [1.807, 2.05) is 0 Å². The van der Waals surface area contributed by atoms with Crippen LogP contribution in [-0.2, 0) is 4.79 Å². The lowest BCUT2D eigenvalue weighted by molar-refractivity contribution is -0.129. The van der Waals surface area contributed by atoms with Crippen molar-refractivity contribution in [1.82, 2.24) is 16.1 Å². The molecule has 4 saturated carbocycles. The lowest BCUT2D eigenvalue weighted by Crippen LogP contribution is -2.65. The second-order valence-corrected chi connectivity index (χ2v) is 12.3. The molecule has 1 aromatic rings. The van der Waals surface area contributed by atoms with Crippen LogP contribution in [0, 0.1) is 28.1 Å². The molecule has 0 aromatic heterocycles. The zero-order valence-corrected chi connectivity index (χ0v) is 21.9. The van der Waals surface area contributed by atoms with Crippen molar-refractivity contribution in [3.8, 4) is 6.07 Å². The Bertz CT molecular complexity index is 1080. The molecule has 200 valence electrons. The molecule has 4 fully saturated rings. The van der Waals surface area contributed by atoms with Crippen molar-refractivity contribution >= 4 is 23.5 Å². The van der Waals surface area contributed by atoms with Gasteiger partial charge in [-0.05, 0) is 86.3 Å². The van der Waals surface area contributed by atoms with E-state index in [9.17, 15) is 19.6 Å². The van der Waals surface area contributed by atoms with Gasteiger partial charge in [0.1, 0.15) is 6.07 Å². The van der Waals surface area contributed by atoms with Crippen LogP contribution >= 0.6 is 0 Å². The van der Waals surface area contributed by atoms with Gasteiger partial charge in [0.2, 0.25) is 5.91 Å². The smallest absolute Gasteiger partial charge is 0.319 e. The van der Waals surface area contributed by atoms with Gasteiger partial charge in [0, 0.05) is 24.1 Å². The molecule has 0 spiro atoms. The van der Waals surface area contributed by atoms with Gasteiger partial charge >= 0.3 is 6.03 Å². The second-order valence-electron chi connectivity index (χ2n) is 12.3. The number of hydrogen-bond donors (Lipinski definition) is 5. The van der Waals surface area contributed by atoms with E-state index in [2.05, 4.69) is 35.9 Å². The molecule has 0 heterocycles. The van der Waals surface area contributed by atoms with Gasteiger partial charge in [-0.1, -0.05) is 26.7 Å². The van der Waals surface area contributed by atoms with Gasteiger partial charge < -0.3 is 16.0 Å². The Labute approximate surface area is 218 Å². The maximum atomic E-state index is 13.1. The third-order valence-corrected chi connectivity index (χ3v) is 8.40. The van der Waals surface area contributed by atoms with Crippen LogP contribution in [-0.4, -0.2) is 35.1 Å². The molecule has 9 heteroatoms. The van der Waals surface area contributed by atoms with E-state index in [-0.39, 0.29) is 40.3 Å². The first-order valence-corrected chi connectivity index (χ1v) is 13.4. The van der Waals surface area contributed by atoms with Crippen LogP contribution in [0.5, 0.6) is 0 Å². The molecule has 4 aliphatic rings. The third kappa shape index (κ3) is 6.42. The molecule has 0 radical (unpaired) electrons. The number of hydroxylamine groups is 1. The number of nitrogens with one attached hydrogen (secondary N) is 4. The second kappa shape index (κ2) is 10.7. The molecule has 4 amide bonds. The number of hydrogen-bond acceptors (Lipinski definition) is 5. The highest BCUT2D eigenvalue weighted by molar-refractivity contribution is 5.97. The van der Waals surface area contributed by atoms with E-state index in [4.69, 9.17) is 5.21 Å². The van der Waals surface area contributed by atoms with Crippen LogP contribution in [0.15, 0.2) is 18.2 Å². The first kappa shape index (κ1) is 26.9. The van der Waals surface area contributed by atoms with Crippen LogP contribution < -0.4 is 21.4 Å². The Morgan fingerprint density at radius 2 is 1.73 bits per heavy atom. The number of urea groups is 1. The van der Waals surface area contributed by atoms with E-state index in [1.165, 1.54) is 25.3 Å². The van der Waals surface area contributed by atoms with E-state index in [0.717, 1.165) is 38.5 Å². The number of unbranched alkanes of at least 4 members (excludes halogenated alkanes) is 3. The van der Waals surface area contributed by atoms with Gasteiger partial charge in [-0.15, -0.1) is 0 Å². The topological polar surface area (TPSA) is 143 Å². The van der Waals surface area contributed by atoms with E-state index < -0.39 is 5.91 Å². The maximum Gasteiger partial charge on any atom is 0.319 e. The van der Waals surface area contributed by atoms with Crippen molar-refractivity contribution in [3.63, 3.8) is 0 Å². The molecule has 4 aliphatic carbocycles. The molecule has 5 rings (SSSR count). The third-order valence-electron chi connectivity index (χ3n) is 8.40. The van der Waals surface area contributed by atoms with Gasteiger partial charge in [0.25, 0.3) is 5.91 Å². The number of nitrogens with zero attached hydrogens (tertiary/aromatic N) is 1. The summed E-state index contributed by atoms with van der Waals surface area (Å²) in [6, 6.07) is 6.54. The fourth-order valence-corrected chi connectivity index (χ4v) is 7.99. The lowest BCUT2D eigenvalue weighted by Gasteiger charge is -2.65. The number of nitriles is 1. The zero-order valence-electron chi connectivity index (χ0n) is 21.9. The summed E-state index contributed by atoms with van der Waals surface area (Å²) in [6.45, 7) is 5.21. The summed E-state index contributed by atoms with van der Waals surface area (Å²) in [4.78, 5) is 36.6. The largest absolute Gasteiger partial charge is 0.352 e. The monoisotopic (exact) mass is 509 g/mol. The Morgan fingerprint density at radius 3 is 2.38 bits per heavy atom. The van der Waals surface area contributed by atoms with Crippen LogP contribution in [0.2, 0.25) is 0 Å². The maximum absolute atomic E-state index is 13.1. The molecule has 0 aliphatic heterocycles. The summed E-state index contributed by atoms with van der Waals surface area (Å²) >= 11 is 0. The summed E-state index contributed by atoms with van der Waals surface area (Å²) in [5.41, 5.74) is 2.99. The number of amides is 4. The first-order chi connectivity index (χ1) is 17.6. The fourth-order valence-electron chi connectivity index (χ4n) is 7.99. The predicted octanol–water partition coefficient (Wildman–Crippen LogP) is 4.61. The van der Waals surface area contributed by atoms with Gasteiger partial charge in [-0.3, -0.25) is 14.8 Å². The first-order valence-electron chi connectivity index (χ1n) is 13.4. The Hall–Kier alpha value is -3.12. The molecule has 1 aromatic carbocycles. The van der Waals surface area contributed by atoms with Crippen molar-refractivity contribution in [2.45, 2.75) is 90.0 Å². The zero-order chi connectivity index (χ0) is 26.7. The number of carbonyl (C=O) groups is 3. The van der Waals surface area contributed by atoms with Gasteiger partial charge in [-0.2, -0.15) is 5.26 Å². The molecule has 0 saturated heterocycles. The molecule has 4 bridgehead atoms. The molecular formula is C28H39N5O4. The van der Waals surface area contributed by atoms with Crippen molar-refractivity contribution in [1.29, 1.82) is 5.26 Å². The number of carbonyl (C=O) groups excluding carboxylic acids is 3. The minimum atomic E-state index is -0.395. The Kier molecular flexibility index (Phi) is 7.79. The molecule has 5 N–H and O–H groups in total. The van der Waals surface area contributed by atoms with Crippen LogP contribution in [0.4, 0.5) is 10.5 Å². The standard InChI is InChI=1S/C28H39N5O4/c1-26-12-19-13-27(2,16-26)18-28(14-19,17-26)32-25(36)31-22-9-8-20(11-21(22)15-29)24(35)30-10-6-4-3-5-7-23(34)33-37/h8-9,11,19,37H,3-7,10,12-14,16-18H2,1-2H3,(H,30,35)(H,33,34)(H2,31,32,36). The Balaban J connectivity index is 1.28. The molecule has 2 unspecified atom stereocenters. The Morgan fingerprint density at radius 1 is 1.03 bits per heavy atom. The van der Waals surface area contributed by atoms with Crippen molar-refractivity contribution in [2.24, 2.45) is 16.7 Å². The fraction of sp³-hybridized carbons (Fsp3) is 0.643. The predicted molar refractivity (Wildman–Crippen MR) is 139 cm³/mol. The van der Waals surface area contributed by atoms with Crippen molar-refractivity contribution in [3.05, 3.63) is 29.3 Å². The highest BCUT2D eigenvalue weighted by Gasteiger charge is 2.60. The molecular weight excluding hydrogens is 470 g/mol. The van der Waals surface area contributed by atoms with Crippen molar-refractivity contribution < 1.29 is 19.6 Å². The molecule has 2 atom stereocenters. The minimum Gasteiger partial charge on any atom is -0.352 e. The van der Waals surface area contributed by atoms with Crippen LogP contribution in [0.25, 0.3) is 0 Å². The SMILES string of the molecule is CC12CC3CC(C)(C1)CC(NC(=O)Nc1ccc(C(=O)NCCCCCCC(=O)NO)cc1C#N)(C3)C2. The molecule has 9 nitrogen and oxygen atoms in total. The quantitative estimate of drug-likeness (QED) is 0.178. The summed E-state index contributed by atoms with van der Waals surface area (Å²) in [5.74, 6) is -0.0116. The van der Waals surface area contributed by atoms with Gasteiger partial charge in [-0.25, -0.2) is 10.3 Å². The summed E-state index contributed by atoms with van der Waals surface area (Å²) < 4.78 is 0. The number of anilines is 1. The summed E-state index contributed by atoms with van der Waals surface area (Å²) in [7, 11) is 0. The number of rotatable bonds is 10. The normalized spacial score (nSPS) is 29.3. The van der Waals surface area contributed by atoms with E-state index in [1.54, 1.807) is 17.6 Å². The number of benzene rings is 1. The summed E-state index contributed by atoms with van der Waals surface area (Å²) in [6.07, 6.45) is 10.1. The van der Waals surface area contributed by atoms with Gasteiger partial charge in [0.15, 0.2) is 0 Å². The highest BCUT2D eigenvalue weighted by Crippen LogP contribution is 2.66. The minimum absolute atomic E-state index is 0.190.